The molecule has 0 amide bonds. The minimum absolute atomic E-state index is 0.0745. The van der Waals surface area contributed by atoms with E-state index in [9.17, 15) is 10.1 Å². The second-order valence-electron chi connectivity index (χ2n) is 3.76. The lowest BCUT2D eigenvalue weighted by molar-refractivity contribution is -0.389. The van der Waals surface area contributed by atoms with Crippen molar-refractivity contribution in [3.63, 3.8) is 0 Å². The molecular weight excluding hydrogens is 182 g/mol. The standard InChI is InChI=1S/C9H15N3O2/c1-8(2)4-3-5-11-6-9(10-7-11)12(13)14/h6-8H,3-5H2,1-2H3. The highest BCUT2D eigenvalue weighted by atomic mass is 16.6. The van der Waals surface area contributed by atoms with E-state index in [-0.39, 0.29) is 5.82 Å². The van der Waals surface area contributed by atoms with Crippen LogP contribution >= 0.6 is 0 Å². The van der Waals surface area contributed by atoms with E-state index in [0.717, 1.165) is 19.4 Å². The summed E-state index contributed by atoms with van der Waals surface area (Å²) in [6.07, 6.45) is 5.15. The topological polar surface area (TPSA) is 61.0 Å². The zero-order chi connectivity index (χ0) is 10.6. The van der Waals surface area contributed by atoms with Crippen molar-refractivity contribution in [1.82, 2.24) is 9.55 Å². The summed E-state index contributed by atoms with van der Waals surface area (Å²) in [5.74, 6) is 0.600. The Morgan fingerprint density at radius 1 is 1.64 bits per heavy atom. The number of hydrogen-bond acceptors (Lipinski definition) is 3. The zero-order valence-electron chi connectivity index (χ0n) is 8.51. The molecule has 0 aliphatic rings. The second-order valence-corrected chi connectivity index (χ2v) is 3.76. The van der Waals surface area contributed by atoms with Crippen LogP contribution in [0.4, 0.5) is 5.82 Å². The molecule has 5 heteroatoms. The van der Waals surface area contributed by atoms with Gasteiger partial charge >= 0.3 is 5.82 Å². The van der Waals surface area contributed by atoms with Crippen molar-refractivity contribution in [3.05, 3.63) is 22.6 Å². The monoisotopic (exact) mass is 197 g/mol. The first-order chi connectivity index (χ1) is 6.59. The molecule has 0 saturated heterocycles. The van der Waals surface area contributed by atoms with E-state index in [1.165, 1.54) is 12.5 Å². The Morgan fingerprint density at radius 3 is 2.86 bits per heavy atom. The van der Waals surface area contributed by atoms with Crippen LogP contribution in [0.2, 0.25) is 0 Å². The van der Waals surface area contributed by atoms with Gasteiger partial charge in [0, 0.05) is 6.54 Å². The summed E-state index contributed by atoms with van der Waals surface area (Å²) in [5, 5.41) is 10.3. The summed E-state index contributed by atoms with van der Waals surface area (Å²) in [4.78, 5) is 13.5. The number of aryl methyl sites for hydroxylation is 1. The molecule has 0 aromatic carbocycles. The van der Waals surface area contributed by atoms with Crippen molar-refractivity contribution < 1.29 is 4.92 Å². The molecule has 14 heavy (non-hydrogen) atoms. The van der Waals surface area contributed by atoms with Crippen LogP contribution in [0.1, 0.15) is 26.7 Å². The molecule has 0 fully saturated rings. The molecule has 78 valence electrons. The first-order valence-electron chi connectivity index (χ1n) is 4.75. The van der Waals surface area contributed by atoms with Gasteiger partial charge in [-0.15, -0.1) is 0 Å². The number of nitrogens with zero attached hydrogens (tertiary/aromatic N) is 3. The van der Waals surface area contributed by atoms with Crippen molar-refractivity contribution >= 4 is 5.82 Å². The van der Waals surface area contributed by atoms with Crippen LogP contribution in [0, 0.1) is 16.0 Å². The van der Waals surface area contributed by atoms with Gasteiger partial charge in [-0.25, -0.2) is 0 Å². The minimum Gasteiger partial charge on any atom is -0.358 e. The number of rotatable bonds is 5. The van der Waals surface area contributed by atoms with E-state index in [0.29, 0.717) is 5.92 Å². The third kappa shape index (κ3) is 3.16. The van der Waals surface area contributed by atoms with Crippen molar-refractivity contribution in [2.45, 2.75) is 33.2 Å². The number of aromatic nitrogens is 2. The Kier molecular flexibility index (Phi) is 3.62. The largest absolute Gasteiger partial charge is 0.381 e. The molecular formula is C9H15N3O2. The smallest absolute Gasteiger partial charge is 0.358 e. The first kappa shape index (κ1) is 10.7. The fraction of sp³-hybridized carbons (Fsp3) is 0.667. The predicted octanol–water partition coefficient (Wildman–Crippen LogP) is 2.23. The number of nitro groups is 1. The van der Waals surface area contributed by atoms with E-state index in [1.54, 1.807) is 4.57 Å². The van der Waals surface area contributed by atoms with Gasteiger partial charge in [-0.1, -0.05) is 13.8 Å². The highest BCUT2D eigenvalue weighted by Gasteiger charge is 2.08. The molecule has 0 spiro atoms. The first-order valence-corrected chi connectivity index (χ1v) is 4.75. The fourth-order valence-corrected chi connectivity index (χ4v) is 1.25. The normalized spacial score (nSPS) is 10.8. The van der Waals surface area contributed by atoms with Gasteiger partial charge in [-0.3, -0.25) is 0 Å². The third-order valence-corrected chi connectivity index (χ3v) is 2.00. The van der Waals surface area contributed by atoms with Crippen molar-refractivity contribution in [3.8, 4) is 0 Å². The lowest BCUT2D eigenvalue weighted by Gasteiger charge is -2.03. The average Bonchev–Trinajstić information content (AvgIpc) is 2.52. The van der Waals surface area contributed by atoms with Crippen LogP contribution < -0.4 is 0 Å². The van der Waals surface area contributed by atoms with E-state index in [1.807, 2.05) is 0 Å². The summed E-state index contributed by atoms with van der Waals surface area (Å²) in [5.41, 5.74) is 0. The van der Waals surface area contributed by atoms with Gasteiger partial charge in [0.15, 0.2) is 0 Å². The Hall–Kier alpha value is -1.39. The van der Waals surface area contributed by atoms with Gasteiger partial charge in [0.25, 0.3) is 0 Å². The van der Waals surface area contributed by atoms with Crippen LogP contribution in [-0.4, -0.2) is 14.5 Å². The molecule has 0 aliphatic heterocycles. The fourth-order valence-electron chi connectivity index (χ4n) is 1.25. The Labute approximate surface area is 82.9 Å². The highest BCUT2D eigenvalue weighted by molar-refractivity contribution is 5.12. The molecule has 0 radical (unpaired) electrons. The molecule has 0 unspecified atom stereocenters. The average molecular weight is 197 g/mol. The summed E-state index contributed by atoms with van der Waals surface area (Å²) in [6, 6.07) is 0. The molecule has 1 aromatic heterocycles. The van der Waals surface area contributed by atoms with E-state index < -0.39 is 4.92 Å². The van der Waals surface area contributed by atoms with Crippen LogP contribution in [0.25, 0.3) is 0 Å². The lowest BCUT2D eigenvalue weighted by Crippen LogP contribution is -1.97. The minimum atomic E-state index is -0.473. The highest BCUT2D eigenvalue weighted by Crippen LogP contribution is 2.09. The Bertz CT molecular complexity index is 307. The molecule has 0 saturated carbocycles. The third-order valence-electron chi connectivity index (χ3n) is 2.00. The molecule has 0 aliphatic carbocycles. The Morgan fingerprint density at radius 2 is 2.36 bits per heavy atom. The quantitative estimate of drug-likeness (QED) is 0.537. The van der Waals surface area contributed by atoms with Gasteiger partial charge in [0.1, 0.15) is 6.20 Å². The molecule has 0 bridgehead atoms. The maximum atomic E-state index is 10.3. The summed E-state index contributed by atoms with van der Waals surface area (Å²) >= 11 is 0. The second kappa shape index (κ2) is 4.74. The summed E-state index contributed by atoms with van der Waals surface area (Å²) in [7, 11) is 0. The van der Waals surface area contributed by atoms with Gasteiger partial charge in [0.2, 0.25) is 6.33 Å². The summed E-state index contributed by atoms with van der Waals surface area (Å²) < 4.78 is 1.76. The molecule has 1 rings (SSSR count). The van der Waals surface area contributed by atoms with Crippen LogP contribution in [0.5, 0.6) is 0 Å². The van der Waals surface area contributed by atoms with Crippen LogP contribution in [0.3, 0.4) is 0 Å². The molecule has 1 heterocycles. The van der Waals surface area contributed by atoms with Crippen molar-refractivity contribution in [2.75, 3.05) is 0 Å². The maximum Gasteiger partial charge on any atom is 0.381 e. The van der Waals surface area contributed by atoms with Crippen molar-refractivity contribution in [2.24, 2.45) is 5.92 Å². The van der Waals surface area contributed by atoms with E-state index in [2.05, 4.69) is 18.8 Å². The zero-order valence-corrected chi connectivity index (χ0v) is 8.51. The molecule has 1 aromatic rings. The van der Waals surface area contributed by atoms with E-state index in [4.69, 9.17) is 0 Å². The predicted molar refractivity (Wildman–Crippen MR) is 53.0 cm³/mol. The molecule has 0 atom stereocenters. The lowest BCUT2D eigenvalue weighted by atomic mass is 10.1. The van der Waals surface area contributed by atoms with Gasteiger partial charge < -0.3 is 14.7 Å². The van der Waals surface area contributed by atoms with Gasteiger partial charge in [0.05, 0.1) is 0 Å². The molecule has 5 nitrogen and oxygen atoms in total. The van der Waals surface area contributed by atoms with E-state index >= 15 is 0 Å². The number of hydrogen-bond donors (Lipinski definition) is 0. The molecule has 0 N–H and O–H groups in total. The number of imidazole rings is 1. The van der Waals surface area contributed by atoms with Crippen LogP contribution in [-0.2, 0) is 6.54 Å². The van der Waals surface area contributed by atoms with Gasteiger partial charge in [-0.2, -0.15) is 0 Å². The Balaban J connectivity index is 2.40. The summed E-state index contributed by atoms with van der Waals surface area (Å²) in [6.45, 7) is 5.13. The SMILES string of the molecule is CC(C)CCCn1cnc([N+](=O)[O-])c1. The van der Waals surface area contributed by atoms with Crippen molar-refractivity contribution in [1.29, 1.82) is 0 Å². The van der Waals surface area contributed by atoms with Gasteiger partial charge in [-0.05, 0) is 28.7 Å². The van der Waals surface area contributed by atoms with Crippen LogP contribution in [0.15, 0.2) is 12.5 Å². The maximum absolute atomic E-state index is 10.3.